The summed E-state index contributed by atoms with van der Waals surface area (Å²) < 4.78 is 0. The zero-order valence-corrected chi connectivity index (χ0v) is 5.20. The van der Waals surface area contributed by atoms with Gasteiger partial charge in [-0.1, -0.05) is 25.5 Å². The highest BCUT2D eigenvalue weighted by molar-refractivity contribution is 5.03. The molecule has 0 bridgehead atoms. The monoisotopic (exact) mass is 97.1 g/mol. The molecule has 1 radical (unpaired) electrons. The van der Waals surface area contributed by atoms with Crippen molar-refractivity contribution in [3.63, 3.8) is 0 Å². The van der Waals surface area contributed by atoms with Gasteiger partial charge in [0, 0.05) is 0 Å². The Labute approximate surface area is 46.2 Å². The third-order valence-corrected chi connectivity index (χ3v) is 0.947. The van der Waals surface area contributed by atoms with Crippen LogP contribution in [-0.4, -0.2) is 0 Å². The second-order valence-corrected chi connectivity index (χ2v) is 1.62. The molecule has 0 spiro atoms. The second-order valence-electron chi connectivity index (χ2n) is 1.62. The molecule has 0 aromatic heterocycles. The van der Waals surface area contributed by atoms with Crippen LogP contribution in [0.1, 0.15) is 26.7 Å². The SMILES string of the molecule is [CH2]C(=CCC)CC. The van der Waals surface area contributed by atoms with Gasteiger partial charge in [-0.3, -0.25) is 0 Å². The lowest BCUT2D eigenvalue weighted by atomic mass is 10.2. The zero-order valence-electron chi connectivity index (χ0n) is 5.20. The van der Waals surface area contributed by atoms with E-state index in [2.05, 4.69) is 26.8 Å². The Morgan fingerprint density at radius 3 is 2.29 bits per heavy atom. The molecule has 0 amide bonds. The minimum absolute atomic E-state index is 1.09. The van der Waals surface area contributed by atoms with Crippen molar-refractivity contribution in [3.05, 3.63) is 18.6 Å². The van der Waals surface area contributed by atoms with Crippen LogP contribution in [0.4, 0.5) is 0 Å². The maximum Gasteiger partial charge on any atom is -0.0283 e. The highest BCUT2D eigenvalue weighted by Crippen LogP contribution is 1.97. The summed E-state index contributed by atoms with van der Waals surface area (Å²) in [7, 11) is 0. The average molecular weight is 97.2 g/mol. The summed E-state index contributed by atoms with van der Waals surface area (Å²) in [6.45, 7) is 8.05. The molecule has 0 nitrogen and oxygen atoms in total. The molecule has 0 aromatic rings. The normalized spacial score (nSPS) is 12.1. The molecule has 0 aliphatic heterocycles. The van der Waals surface area contributed by atoms with Gasteiger partial charge in [-0.25, -0.2) is 0 Å². The van der Waals surface area contributed by atoms with Crippen molar-refractivity contribution >= 4 is 0 Å². The number of allylic oxidation sites excluding steroid dienone is 2. The van der Waals surface area contributed by atoms with Crippen molar-refractivity contribution in [2.45, 2.75) is 26.7 Å². The van der Waals surface area contributed by atoms with Crippen LogP contribution in [0.2, 0.25) is 0 Å². The van der Waals surface area contributed by atoms with Crippen molar-refractivity contribution in [2.75, 3.05) is 0 Å². The van der Waals surface area contributed by atoms with Crippen molar-refractivity contribution in [1.82, 2.24) is 0 Å². The minimum Gasteiger partial charge on any atom is -0.0856 e. The average Bonchev–Trinajstić information content (AvgIpc) is 1.68. The lowest BCUT2D eigenvalue weighted by molar-refractivity contribution is 1.10. The van der Waals surface area contributed by atoms with Gasteiger partial charge in [0.1, 0.15) is 0 Å². The fraction of sp³-hybridized carbons (Fsp3) is 0.571. The Morgan fingerprint density at radius 1 is 1.57 bits per heavy atom. The van der Waals surface area contributed by atoms with Gasteiger partial charge in [-0.15, -0.1) is 0 Å². The maximum atomic E-state index is 3.81. The summed E-state index contributed by atoms with van der Waals surface area (Å²) in [5.41, 5.74) is 1.25. The predicted molar refractivity (Wildman–Crippen MR) is 34.0 cm³/mol. The molecule has 0 aromatic carbocycles. The fourth-order valence-corrected chi connectivity index (χ4v) is 0.433. The Hall–Kier alpha value is -0.260. The van der Waals surface area contributed by atoms with Gasteiger partial charge in [0.05, 0.1) is 0 Å². The molecular formula is C7H13. The summed E-state index contributed by atoms with van der Waals surface area (Å²) >= 11 is 0. The van der Waals surface area contributed by atoms with Gasteiger partial charge >= 0.3 is 0 Å². The van der Waals surface area contributed by atoms with E-state index in [1.165, 1.54) is 5.57 Å². The molecule has 0 heteroatoms. The van der Waals surface area contributed by atoms with Crippen LogP contribution in [0.25, 0.3) is 0 Å². The first-order valence-corrected chi connectivity index (χ1v) is 2.82. The Bertz CT molecular complexity index is 60.4. The molecule has 7 heavy (non-hydrogen) atoms. The molecule has 0 saturated heterocycles. The van der Waals surface area contributed by atoms with Crippen LogP contribution in [-0.2, 0) is 0 Å². The summed E-state index contributed by atoms with van der Waals surface area (Å²) in [6.07, 6.45) is 4.36. The van der Waals surface area contributed by atoms with Crippen LogP contribution in [0.5, 0.6) is 0 Å². The highest BCUT2D eigenvalue weighted by Gasteiger charge is 1.77. The molecule has 0 saturated carbocycles. The van der Waals surface area contributed by atoms with Gasteiger partial charge in [0.15, 0.2) is 0 Å². The van der Waals surface area contributed by atoms with E-state index in [9.17, 15) is 0 Å². The maximum absolute atomic E-state index is 3.81. The molecule has 41 valence electrons. The number of hydrogen-bond acceptors (Lipinski definition) is 0. The quantitative estimate of drug-likeness (QED) is 0.496. The molecular weight excluding hydrogens is 84.1 g/mol. The lowest BCUT2D eigenvalue weighted by Gasteiger charge is -1.88. The van der Waals surface area contributed by atoms with Gasteiger partial charge in [0.25, 0.3) is 0 Å². The van der Waals surface area contributed by atoms with Crippen LogP contribution in [0.15, 0.2) is 11.6 Å². The summed E-state index contributed by atoms with van der Waals surface area (Å²) in [5.74, 6) is 0. The van der Waals surface area contributed by atoms with Gasteiger partial charge in [-0.2, -0.15) is 0 Å². The number of hydrogen-bond donors (Lipinski definition) is 0. The molecule has 0 N–H and O–H groups in total. The predicted octanol–water partition coefficient (Wildman–Crippen LogP) is 2.57. The Kier molecular flexibility index (Phi) is 3.77. The zero-order chi connectivity index (χ0) is 5.70. The van der Waals surface area contributed by atoms with E-state index >= 15 is 0 Å². The first-order chi connectivity index (χ1) is 3.31. The van der Waals surface area contributed by atoms with E-state index in [1.807, 2.05) is 0 Å². The van der Waals surface area contributed by atoms with Gasteiger partial charge in [-0.05, 0) is 19.8 Å². The third kappa shape index (κ3) is 3.57. The fourth-order valence-electron chi connectivity index (χ4n) is 0.433. The smallest absolute Gasteiger partial charge is 0.0283 e. The lowest BCUT2D eigenvalue weighted by Crippen LogP contribution is -1.68. The molecule has 0 fully saturated rings. The van der Waals surface area contributed by atoms with E-state index in [4.69, 9.17) is 0 Å². The largest absolute Gasteiger partial charge is 0.0856 e. The third-order valence-electron chi connectivity index (χ3n) is 0.947. The van der Waals surface area contributed by atoms with Crippen molar-refractivity contribution in [1.29, 1.82) is 0 Å². The van der Waals surface area contributed by atoms with E-state index < -0.39 is 0 Å². The standard InChI is InChI=1S/C7H13/c1-4-6-7(3)5-2/h6H,3-5H2,1-2H3. The molecule has 0 aliphatic carbocycles. The highest BCUT2D eigenvalue weighted by atomic mass is 13.8. The first-order valence-electron chi connectivity index (χ1n) is 2.82. The van der Waals surface area contributed by atoms with Gasteiger partial charge < -0.3 is 0 Å². The summed E-state index contributed by atoms with van der Waals surface area (Å²) in [6, 6.07) is 0. The van der Waals surface area contributed by atoms with E-state index in [0.29, 0.717) is 0 Å². The molecule has 0 heterocycles. The molecule has 0 aliphatic rings. The molecule has 0 atom stereocenters. The molecule has 0 unspecified atom stereocenters. The van der Waals surface area contributed by atoms with Crippen molar-refractivity contribution in [2.24, 2.45) is 0 Å². The van der Waals surface area contributed by atoms with E-state index in [-0.39, 0.29) is 0 Å². The van der Waals surface area contributed by atoms with Crippen molar-refractivity contribution < 1.29 is 0 Å². The first kappa shape index (κ1) is 6.74. The second kappa shape index (κ2) is 3.91. The Morgan fingerprint density at radius 2 is 2.14 bits per heavy atom. The van der Waals surface area contributed by atoms with E-state index in [1.54, 1.807) is 0 Å². The van der Waals surface area contributed by atoms with Gasteiger partial charge in [0.2, 0.25) is 0 Å². The van der Waals surface area contributed by atoms with Crippen LogP contribution in [0.3, 0.4) is 0 Å². The van der Waals surface area contributed by atoms with Crippen LogP contribution < -0.4 is 0 Å². The van der Waals surface area contributed by atoms with E-state index in [0.717, 1.165) is 12.8 Å². The topological polar surface area (TPSA) is 0 Å². The number of rotatable bonds is 2. The summed E-state index contributed by atoms with van der Waals surface area (Å²) in [4.78, 5) is 0. The minimum atomic E-state index is 1.09. The van der Waals surface area contributed by atoms with Crippen LogP contribution >= 0.6 is 0 Å². The molecule has 0 rings (SSSR count). The Balaban J connectivity index is 3.29. The van der Waals surface area contributed by atoms with Crippen LogP contribution in [0, 0.1) is 6.92 Å². The van der Waals surface area contributed by atoms with Crippen molar-refractivity contribution in [3.8, 4) is 0 Å². The summed E-state index contributed by atoms with van der Waals surface area (Å²) in [5, 5.41) is 0.